The minimum atomic E-state index is -0.355. The molecular weight excluding hydrogens is 492 g/mol. The molecule has 1 saturated heterocycles. The van der Waals surface area contributed by atoms with Gasteiger partial charge in [0.25, 0.3) is 0 Å². The number of ether oxygens (including phenoxy) is 1. The Morgan fingerprint density at radius 1 is 1.18 bits per heavy atom. The summed E-state index contributed by atoms with van der Waals surface area (Å²) in [5, 5.41) is 3.42. The van der Waals surface area contributed by atoms with Crippen LogP contribution in [0, 0.1) is 5.92 Å². The molecule has 3 heterocycles. The zero-order valence-electron chi connectivity index (χ0n) is 23.1. The molecule has 2 fully saturated rings. The number of amides is 1. The van der Waals surface area contributed by atoms with Gasteiger partial charge in [-0.15, -0.1) is 0 Å². The predicted molar refractivity (Wildman–Crippen MR) is 152 cm³/mol. The maximum absolute atomic E-state index is 12.2. The highest BCUT2D eigenvalue weighted by molar-refractivity contribution is 5.89. The first-order valence-corrected chi connectivity index (χ1v) is 14.2. The molecule has 2 aromatic rings. The van der Waals surface area contributed by atoms with E-state index in [1.165, 1.54) is 24.8 Å². The minimum absolute atomic E-state index is 0.00335. The SMILES string of the molecule is C=C(C=O)CN1CCN(C(CC2CC2)c2ccc([C@H](C)Nc3ncc4c(n3)N(CCC)C(=O)OC4)cc2)CC1. The van der Waals surface area contributed by atoms with Crippen LogP contribution in [0.5, 0.6) is 0 Å². The lowest BCUT2D eigenvalue weighted by Crippen LogP contribution is -2.48. The number of nitrogens with one attached hydrogen (secondary N) is 1. The van der Waals surface area contributed by atoms with E-state index in [0.717, 1.165) is 55.9 Å². The monoisotopic (exact) mass is 532 g/mol. The first-order chi connectivity index (χ1) is 18.9. The van der Waals surface area contributed by atoms with Crippen LogP contribution in [0.3, 0.4) is 0 Å². The molecule has 1 aromatic heterocycles. The van der Waals surface area contributed by atoms with Crippen LogP contribution in [0.15, 0.2) is 42.6 Å². The lowest BCUT2D eigenvalue weighted by atomic mass is 9.96. The van der Waals surface area contributed by atoms with Gasteiger partial charge in [-0.3, -0.25) is 19.5 Å². The molecular formula is C30H40N6O3. The van der Waals surface area contributed by atoms with Gasteiger partial charge in [0.05, 0.1) is 11.6 Å². The molecule has 1 aromatic carbocycles. The number of rotatable bonds is 12. The van der Waals surface area contributed by atoms with Gasteiger partial charge >= 0.3 is 6.09 Å². The zero-order valence-corrected chi connectivity index (χ0v) is 23.1. The number of carbonyl (C=O) groups excluding carboxylic acids is 2. The lowest BCUT2D eigenvalue weighted by molar-refractivity contribution is -0.105. The molecule has 9 nitrogen and oxygen atoms in total. The molecule has 0 radical (unpaired) electrons. The second kappa shape index (κ2) is 12.3. The summed E-state index contributed by atoms with van der Waals surface area (Å²) in [6.07, 6.45) is 6.95. The van der Waals surface area contributed by atoms with Gasteiger partial charge < -0.3 is 10.1 Å². The van der Waals surface area contributed by atoms with Gasteiger partial charge in [0.2, 0.25) is 5.95 Å². The molecule has 208 valence electrons. The number of benzene rings is 1. The highest BCUT2D eigenvalue weighted by Gasteiger charge is 2.32. The van der Waals surface area contributed by atoms with Gasteiger partial charge in [-0.2, -0.15) is 4.98 Å². The summed E-state index contributed by atoms with van der Waals surface area (Å²) in [5.41, 5.74) is 3.99. The molecule has 1 unspecified atom stereocenters. The molecule has 2 aliphatic heterocycles. The summed E-state index contributed by atoms with van der Waals surface area (Å²) in [7, 11) is 0. The van der Waals surface area contributed by atoms with Crippen molar-refractivity contribution >= 4 is 24.1 Å². The summed E-state index contributed by atoms with van der Waals surface area (Å²) in [5.74, 6) is 1.96. The zero-order chi connectivity index (χ0) is 27.4. The van der Waals surface area contributed by atoms with Gasteiger partial charge in [-0.25, -0.2) is 9.78 Å². The number of hydrogen-bond donors (Lipinski definition) is 1. The van der Waals surface area contributed by atoms with Crippen LogP contribution in [-0.2, 0) is 16.1 Å². The molecule has 0 bridgehead atoms. The molecule has 0 spiro atoms. The van der Waals surface area contributed by atoms with Crippen molar-refractivity contribution in [1.82, 2.24) is 19.8 Å². The van der Waals surface area contributed by atoms with Gasteiger partial charge in [0, 0.05) is 51.5 Å². The van der Waals surface area contributed by atoms with E-state index in [-0.39, 0.29) is 18.7 Å². The van der Waals surface area contributed by atoms with Crippen LogP contribution in [0.25, 0.3) is 0 Å². The number of anilines is 2. The second-order valence-electron chi connectivity index (χ2n) is 11.1. The fourth-order valence-corrected chi connectivity index (χ4v) is 5.53. The molecule has 5 rings (SSSR count). The van der Waals surface area contributed by atoms with Crippen molar-refractivity contribution in [2.45, 2.75) is 58.2 Å². The number of aromatic nitrogens is 2. The number of hydrogen-bond acceptors (Lipinski definition) is 8. The van der Waals surface area contributed by atoms with Gasteiger partial charge in [-0.05, 0) is 42.4 Å². The van der Waals surface area contributed by atoms with Crippen molar-refractivity contribution in [1.29, 1.82) is 0 Å². The second-order valence-corrected chi connectivity index (χ2v) is 11.1. The van der Waals surface area contributed by atoms with Gasteiger partial charge in [0.15, 0.2) is 0 Å². The summed E-state index contributed by atoms with van der Waals surface area (Å²) < 4.78 is 5.25. The Morgan fingerprint density at radius 3 is 2.56 bits per heavy atom. The van der Waals surface area contributed by atoms with Crippen LogP contribution < -0.4 is 10.2 Å². The average molecular weight is 533 g/mol. The fourth-order valence-electron chi connectivity index (χ4n) is 5.53. The topological polar surface area (TPSA) is 90.9 Å². The molecule has 3 aliphatic rings. The molecule has 1 N–H and O–H groups in total. The van der Waals surface area contributed by atoms with Crippen LogP contribution >= 0.6 is 0 Å². The number of fused-ring (bicyclic) bond motifs is 1. The van der Waals surface area contributed by atoms with E-state index < -0.39 is 0 Å². The van der Waals surface area contributed by atoms with E-state index >= 15 is 0 Å². The molecule has 9 heteroatoms. The maximum atomic E-state index is 12.2. The summed E-state index contributed by atoms with van der Waals surface area (Å²) >= 11 is 0. The highest BCUT2D eigenvalue weighted by atomic mass is 16.6. The normalized spacial score (nSPS) is 19.6. The van der Waals surface area contributed by atoms with Crippen molar-refractivity contribution < 1.29 is 14.3 Å². The molecule has 39 heavy (non-hydrogen) atoms. The van der Waals surface area contributed by atoms with E-state index in [9.17, 15) is 9.59 Å². The third-order valence-corrected chi connectivity index (χ3v) is 7.98. The average Bonchev–Trinajstić information content (AvgIpc) is 3.78. The number of aldehydes is 1. The maximum Gasteiger partial charge on any atom is 0.415 e. The summed E-state index contributed by atoms with van der Waals surface area (Å²) in [4.78, 5) is 38.9. The Hall–Kier alpha value is -3.30. The van der Waals surface area contributed by atoms with Gasteiger partial charge in [-0.1, -0.05) is 50.6 Å². The largest absolute Gasteiger partial charge is 0.444 e. The number of cyclic esters (lactones) is 1. The molecule has 1 saturated carbocycles. The number of piperazine rings is 1. The fraction of sp³-hybridized carbons (Fsp3) is 0.533. The third-order valence-electron chi connectivity index (χ3n) is 7.98. The Balaban J connectivity index is 1.24. The van der Waals surface area contributed by atoms with Crippen molar-refractivity contribution in [2.24, 2.45) is 5.92 Å². The minimum Gasteiger partial charge on any atom is -0.444 e. The Kier molecular flexibility index (Phi) is 8.57. The Labute approximate surface area is 231 Å². The van der Waals surface area contributed by atoms with Crippen molar-refractivity contribution in [3.05, 3.63) is 59.3 Å². The number of carbonyl (C=O) groups is 2. The van der Waals surface area contributed by atoms with E-state index in [4.69, 9.17) is 4.74 Å². The molecule has 1 amide bonds. The smallest absolute Gasteiger partial charge is 0.415 e. The molecule has 2 atom stereocenters. The lowest BCUT2D eigenvalue weighted by Gasteiger charge is -2.39. The quantitative estimate of drug-likeness (QED) is 0.310. The predicted octanol–water partition coefficient (Wildman–Crippen LogP) is 4.73. The van der Waals surface area contributed by atoms with Crippen molar-refractivity contribution in [3.8, 4) is 0 Å². The van der Waals surface area contributed by atoms with Crippen LogP contribution in [0.4, 0.5) is 16.6 Å². The van der Waals surface area contributed by atoms with Crippen LogP contribution in [0.2, 0.25) is 0 Å². The Bertz CT molecular complexity index is 1170. The third kappa shape index (κ3) is 6.65. The van der Waals surface area contributed by atoms with Crippen LogP contribution in [0.1, 0.15) is 68.3 Å². The van der Waals surface area contributed by atoms with E-state index in [1.807, 2.05) is 6.92 Å². The van der Waals surface area contributed by atoms with Crippen molar-refractivity contribution in [2.75, 3.05) is 49.5 Å². The first kappa shape index (κ1) is 27.3. The molecule has 1 aliphatic carbocycles. The summed E-state index contributed by atoms with van der Waals surface area (Å²) in [6.45, 7) is 13.3. The summed E-state index contributed by atoms with van der Waals surface area (Å²) in [6, 6.07) is 9.37. The standard InChI is InChI=1S/C30H40N6O3/c1-4-11-36-28-26(20-39-30(36)38)17-31-29(33-28)32-22(3)24-7-9-25(10-8-24)27(16-23-5-6-23)35-14-12-34(13-15-35)18-21(2)19-37/h7-10,17,19,22-23,27H,2,4-6,11-16,18,20H2,1,3H3,(H,31,32,33)/t22-,27?/m0/s1. The van der Waals surface area contributed by atoms with Crippen LogP contribution in [-0.4, -0.2) is 71.4 Å². The van der Waals surface area contributed by atoms with Crippen molar-refractivity contribution in [3.63, 3.8) is 0 Å². The first-order valence-electron chi connectivity index (χ1n) is 14.2. The highest BCUT2D eigenvalue weighted by Crippen LogP contribution is 2.40. The van der Waals surface area contributed by atoms with E-state index in [0.29, 0.717) is 36.5 Å². The van der Waals surface area contributed by atoms with E-state index in [2.05, 4.69) is 62.9 Å². The van der Waals surface area contributed by atoms with Gasteiger partial charge in [0.1, 0.15) is 18.7 Å². The number of nitrogens with zero attached hydrogens (tertiary/aromatic N) is 5. The Morgan fingerprint density at radius 2 is 1.90 bits per heavy atom. The van der Waals surface area contributed by atoms with E-state index in [1.54, 1.807) is 11.1 Å².